The molecule has 0 bridgehead atoms. The van der Waals surface area contributed by atoms with Crippen LogP contribution in [0.15, 0.2) is 48.8 Å². The fourth-order valence-electron chi connectivity index (χ4n) is 2.60. The molecule has 6 heteroatoms. The summed E-state index contributed by atoms with van der Waals surface area (Å²) < 4.78 is 6.66. The number of carbonyl (C=O) groups is 2. The number of hydrogen-bond donors (Lipinski definition) is 2. The van der Waals surface area contributed by atoms with Crippen molar-refractivity contribution in [1.29, 1.82) is 0 Å². The van der Waals surface area contributed by atoms with E-state index >= 15 is 0 Å². The van der Waals surface area contributed by atoms with Crippen molar-refractivity contribution in [2.75, 3.05) is 13.2 Å². The predicted octanol–water partition coefficient (Wildman–Crippen LogP) is 2.02. The van der Waals surface area contributed by atoms with E-state index < -0.39 is 5.97 Å². The second-order valence-corrected chi connectivity index (χ2v) is 5.54. The summed E-state index contributed by atoms with van der Waals surface area (Å²) in [6, 6.07) is 11.4. The molecule has 0 atom stereocenters. The minimum atomic E-state index is -0.505. The van der Waals surface area contributed by atoms with Crippen LogP contribution in [-0.4, -0.2) is 34.6 Å². The van der Waals surface area contributed by atoms with Crippen molar-refractivity contribution >= 4 is 22.8 Å². The zero-order chi connectivity index (χ0) is 16.9. The molecule has 0 aliphatic carbocycles. The van der Waals surface area contributed by atoms with Crippen LogP contribution in [-0.2, 0) is 23.0 Å². The van der Waals surface area contributed by atoms with Crippen molar-refractivity contribution in [3.63, 3.8) is 0 Å². The molecule has 0 radical (unpaired) electrons. The number of ether oxygens (including phenoxy) is 1. The maximum absolute atomic E-state index is 11.8. The molecule has 124 valence electrons. The van der Waals surface area contributed by atoms with Crippen molar-refractivity contribution in [3.8, 4) is 0 Å². The lowest BCUT2D eigenvalue weighted by molar-refractivity contribution is -0.124. The summed E-state index contributed by atoms with van der Waals surface area (Å²) >= 11 is 0. The zero-order valence-corrected chi connectivity index (χ0v) is 13.4. The standard InChI is InChI=1S/C18H19N3O3/c1-21-10-4-7-16(21)18(23)24-12-17(22)19-9-8-13-11-20-15-6-3-2-5-14(13)15/h2-7,10-11,20H,8-9,12H2,1H3,(H,19,22). The first-order valence-corrected chi connectivity index (χ1v) is 7.75. The maximum atomic E-state index is 11.8. The zero-order valence-electron chi connectivity index (χ0n) is 13.4. The molecule has 6 nitrogen and oxygen atoms in total. The molecule has 24 heavy (non-hydrogen) atoms. The number of benzene rings is 1. The number of aromatic amines is 1. The van der Waals surface area contributed by atoms with Crippen LogP contribution in [0.2, 0.25) is 0 Å². The minimum absolute atomic E-state index is 0.280. The lowest BCUT2D eigenvalue weighted by atomic mass is 10.1. The molecule has 1 aromatic carbocycles. The van der Waals surface area contributed by atoms with Gasteiger partial charge in [0.05, 0.1) is 0 Å². The van der Waals surface area contributed by atoms with Crippen LogP contribution in [0.4, 0.5) is 0 Å². The van der Waals surface area contributed by atoms with E-state index in [1.807, 2.05) is 30.5 Å². The number of nitrogens with zero attached hydrogens (tertiary/aromatic N) is 1. The van der Waals surface area contributed by atoms with Crippen molar-refractivity contribution < 1.29 is 14.3 Å². The largest absolute Gasteiger partial charge is 0.451 e. The van der Waals surface area contributed by atoms with Gasteiger partial charge in [0.25, 0.3) is 5.91 Å². The first-order valence-electron chi connectivity index (χ1n) is 7.75. The van der Waals surface area contributed by atoms with Crippen LogP contribution < -0.4 is 5.32 Å². The Hall–Kier alpha value is -3.02. The number of H-pyrrole nitrogens is 1. The third-order valence-corrected chi connectivity index (χ3v) is 3.88. The normalized spacial score (nSPS) is 10.7. The molecule has 0 aliphatic heterocycles. The molecule has 3 aromatic rings. The van der Waals surface area contributed by atoms with E-state index in [2.05, 4.69) is 10.3 Å². The monoisotopic (exact) mass is 325 g/mol. The molecule has 3 rings (SSSR count). The highest BCUT2D eigenvalue weighted by Gasteiger charge is 2.12. The summed E-state index contributed by atoms with van der Waals surface area (Å²) in [5, 5.41) is 3.92. The molecule has 0 unspecified atom stereocenters. The summed E-state index contributed by atoms with van der Waals surface area (Å²) in [7, 11) is 1.75. The number of aryl methyl sites for hydroxylation is 1. The molecule has 0 aliphatic rings. The highest BCUT2D eigenvalue weighted by atomic mass is 16.5. The third-order valence-electron chi connectivity index (χ3n) is 3.88. The van der Waals surface area contributed by atoms with Gasteiger partial charge in [-0.3, -0.25) is 4.79 Å². The number of rotatable bonds is 6. The molecule has 2 N–H and O–H groups in total. The second-order valence-electron chi connectivity index (χ2n) is 5.54. The molecule has 2 aromatic heterocycles. The van der Waals surface area contributed by atoms with E-state index in [0.717, 1.165) is 16.5 Å². The average Bonchev–Trinajstić information content (AvgIpc) is 3.19. The maximum Gasteiger partial charge on any atom is 0.355 e. The van der Waals surface area contributed by atoms with Crippen LogP contribution >= 0.6 is 0 Å². The molecule has 0 saturated carbocycles. The second kappa shape index (κ2) is 7.04. The summed E-state index contributed by atoms with van der Waals surface area (Å²) in [6.45, 7) is 0.209. The van der Waals surface area contributed by atoms with E-state index in [0.29, 0.717) is 18.7 Å². The Morgan fingerprint density at radius 1 is 1.21 bits per heavy atom. The Labute approximate surface area is 139 Å². The van der Waals surface area contributed by atoms with Gasteiger partial charge in [-0.05, 0) is 30.2 Å². The summed E-state index contributed by atoms with van der Waals surface area (Å²) in [5.74, 6) is -0.813. The number of para-hydroxylation sites is 1. The highest BCUT2D eigenvalue weighted by molar-refractivity contribution is 5.90. The number of fused-ring (bicyclic) bond motifs is 1. The van der Waals surface area contributed by atoms with Crippen molar-refractivity contribution in [2.24, 2.45) is 7.05 Å². The molecule has 0 spiro atoms. The minimum Gasteiger partial charge on any atom is -0.451 e. The average molecular weight is 325 g/mol. The Kier molecular flexibility index (Phi) is 4.65. The SMILES string of the molecule is Cn1cccc1C(=O)OCC(=O)NCCc1c[nH]c2ccccc12. The van der Waals surface area contributed by atoms with Gasteiger partial charge in [-0.15, -0.1) is 0 Å². The van der Waals surface area contributed by atoms with E-state index in [1.165, 1.54) is 0 Å². The number of amides is 1. The number of aromatic nitrogens is 2. The number of carbonyl (C=O) groups excluding carboxylic acids is 2. The van der Waals surface area contributed by atoms with Crippen LogP contribution in [0.1, 0.15) is 16.1 Å². The van der Waals surface area contributed by atoms with Gasteiger partial charge in [-0.2, -0.15) is 0 Å². The van der Waals surface area contributed by atoms with Gasteiger partial charge in [0.15, 0.2) is 6.61 Å². The Balaban J connectivity index is 1.44. The Bertz CT molecular complexity index is 863. The van der Waals surface area contributed by atoms with Crippen LogP contribution in [0, 0.1) is 0 Å². The fourth-order valence-corrected chi connectivity index (χ4v) is 2.60. The van der Waals surface area contributed by atoms with Gasteiger partial charge in [0.2, 0.25) is 0 Å². The quantitative estimate of drug-likeness (QED) is 0.681. The summed E-state index contributed by atoms with van der Waals surface area (Å²) in [5.41, 5.74) is 2.64. The predicted molar refractivity (Wildman–Crippen MR) is 90.7 cm³/mol. The van der Waals surface area contributed by atoms with Gasteiger partial charge in [0.1, 0.15) is 5.69 Å². The number of hydrogen-bond acceptors (Lipinski definition) is 3. The smallest absolute Gasteiger partial charge is 0.355 e. The van der Waals surface area contributed by atoms with Crippen LogP contribution in [0.25, 0.3) is 10.9 Å². The summed E-state index contributed by atoms with van der Waals surface area (Å²) in [6.07, 6.45) is 4.41. The first kappa shape index (κ1) is 15.9. The van der Waals surface area contributed by atoms with Gasteiger partial charge in [-0.25, -0.2) is 4.79 Å². The van der Waals surface area contributed by atoms with Crippen molar-refractivity contribution in [2.45, 2.75) is 6.42 Å². The first-order chi connectivity index (χ1) is 11.6. The van der Waals surface area contributed by atoms with E-state index in [9.17, 15) is 9.59 Å². The van der Waals surface area contributed by atoms with E-state index in [-0.39, 0.29) is 12.5 Å². The van der Waals surface area contributed by atoms with E-state index in [4.69, 9.17) is 4.74 Å². The highest BCUT2D eigenvalue weighted by Crippen LogP contribution is 2.17. The van der Waals surface area contributed by atoms with E-state index in [1.54, 1.807) is 29.9 Å². The van der Waals surface area contributed by atoms with Crippen LogP contribution in [0.5, 0.6) is 0 Å². The fraction of sp³-hybridized carbons (Fsp3) is 0.222. The molecular weight excluding hydrogens is 306 g/mol. The van der Waals surface area contributed by atoms with Crippen molar-refractivity contribution in [1.82, 2.24) is 14.9 Å². The molecule has 2 heterocycles. The molecule has 0 fully saturated rings. The third kappa shape index (κ3) is 3.48. The number of esters is 1. The molecule has 1 amide bonds. The van der Waals surface area contributed by atoms with Crippen LogP contribution in [0.3, 0.4) is 0 Å². The molecule has 0 saturated heterocycles. The van der Waals surface area contributed by atoms with Gasteiger partial charge < -0.3 is 19.6 Å². The number of nitrogens with one attached hydrogen (secondary N) is 2. The van der Waals surface area contributed by atoms with Gasteiger partial charge >= 0.3 is 5.97 Å². The Morgan fingerprint density at radius 3 is 2.83 bits per heavy atom. The topological polar surface area (TPSA) is 76.1 Å². The van der Waals surface area contributed by atoms with Gasteiger partial charge in [0, 0.05) is 36.9 Å². The summed E-state index contributed by atoms with van der Waals surface area (Å²) in [4.78, 5) is 26.8. The van der Waals surface area contributed by atoms with Crippen molar-refractivity contribution in [3.05, 3.63) is 60.0 Å². The lowest BCUT2D eigenvalue weighted by Crippen LogP contribution is -2.30. The lowest BCUT2D eigenvalue weighted by Gasteiger charge is -2.07. The van der Waals surface area contributed by atoms with Gasteiger partial charge in [-0.1, -0.05) is 18.2 Å². The molecular formula is C18H19N3O3. The Morgan fingerprint density at radius 2 is 2.04 bits per heavy atom.